The highest BCUT2D eigenvalue weighted by molar-refractivity contribution is 7.99. The number of imide groups is 2. The molecule has 2 atom stereocenters. The van der Waals surface area contributed by atoms with Gasteiger partial charge in [-0.05, 0) is 31.4 Å². The largest absolute Gasteiger partial charge is 0.331 e. The Morgan fingerprint density at radius 2 is 1.95 bits per heavy atom. The maximum Gasteiger partial charge on any atom is 0.331 e. The van der Waals surface area contributed by atoms with Crippen molar-refractivity contribution >= 4 is 29.6 Å². The van der Waals surface area contributed by atoms with Gasteiger partial charge in [-0.15, -0.1) is 0 Å². The van der Waals surface area contributed by atoms with E-state index in [0.29, 0.717) is 5.75 Å². The van der Waals surface area contributed by atoms with Gasteiger partial charge in [-0.3, -0.25) is 19.8 Å². The molecule has 0 spiro atoms. The molecule has 1 N–H and O–H groups in total. The quantitative estimate of drug-likeness (QED) is 0.789. The van der Waals surface area contributed by atoms with Crippen molar-refractivity contribution in [1.29, 1.82) is 0 Å². The molecule has 0 radical (unpaired) electrons. The Balaban J connectivity index is 2.13. The molecule has 1 heterocycles. The van der Waals surface area contributed by atoms with Crippen LogP contribution in [0.15, 0.2) is 0 Å². The van der Waals surface area contributed by atoms with E-state index in [1.54, 1.807) is 11.8 Å². The van der Waals surface area contributed by atoms with E-state index >= 15 is 0 Å². The number of nitrogens with one attached hydrogen (secondary N) is 1. The van der Waals surface area contributed by atoms with E-state index in [1.807, 2.05) is 13.8 Å². The zero-order chi connectivity index (χ0) is 14.7. The molecule has 5 nitrogen and oxygen atoms in total. The van der Waals surface area contributed by atoms with Gasteiger partial charge in [0.25, 0.3) is 0 Å². The first-order valence-electron chi connectivity index (χ1n) is 7.32. The van der Waals surface area contributed by atoms with E-state index in [-0.39, 0.29) is 17.9 Å². The number of thioether (sulfide) groups is 1. The molecule has 2 aliphatic rings. The van der Waals surface area contributed by atoms with Crippen LogP contribution in [0.25, 0.3) is 0 Å². The lowest BCUT2D eigenvalue weighted by molar-refractivity contribution is -0.146. The topological polar surface area (TPSA) is 66.5 Å². The van der Waals surface area contributed by atoms with E-state index in [2.05, 4.69) is 5.32 Å². The molecule has 0 aromatic heterocycles. The Morgan fingerprint density at radius 3 is 2.55 bits per heavy atom. The number of hydrogen-bond acceptors (Lipinski definition) is 4. The fourth-order valence-electron chi connectivity index (χ4n) is 3.09. The van der Waals surface area contributed by atoms with E-state index in [1.165, 1.54) is 4.90 Å². The first-order chi connectivity index (χ1) is 9.56. The van der Waals surface area contributed by atoms with Crippen molar-refractivity contribution in [2.24, 2.45) is 11.8 Å². The highest BCUT2D eigenvalue weighted by Gasteiger charge is 2.46. The summed E-state index contributed by atoms with van der Waals surface area (Å²) in [6.45, 7) is 3.90. The minimum atomic E-state index is -0.663. The predicted molar refractivity (Wildman–Crippen MR) is 78.3 cm³/mol. The number of carbonyl (C=O) groups excluding carboxylic acids is 3. The monoisotopic (exact) mass is 298 g/mol. The van der Waals surface area contributed by atoms with Crippen molar-refractivity contribution in [1.82, 2.24) is 10.2 Å². The summed E-state index contributed by atoms with van der Waals surface area (Å²) in [6.07, 6.45) is 3.95. The molecule has 20 heavy (non-hydrogen) atoms. The number of hydrogen-bond donors (Lipinski definition) is 1. The van der Waals surface area contributed by atoms with Gasteiger partial charge in [-0.25, -0.2) is 4.79 Å². The van der Waals surface area contributed by atoms with Crippen molar-refractivity contribution in [2.45, 2.75) is 45.6 Å². The van der Waals surface area contributed by atoms with Gasteiger partial charge in [-0.2, -0.15) is 11.8 Å². The lowest BCUT2D eigenvalue weighted by Crippen LogP contribution is -2.62. The summed E-state index contributed by atoms with van der Waals surface area (Å²) in [5.41, 5.74) is 0. The van der Waals surface area contributed by atoms with Gasteiger partial charge in [-0.1, -0.05) is 19.8 Å². The third-order valence-corrected chi connectivity index (χ3v) is 5.24. The molecule has 4 amide bonds. The minimum Gasteiger partial charge on any atom is -0.277 e. The van der Waals surface area contributed by atoms with Gasteiger partial charge in [0.1, 0.15) is 5.92 Å². The van der Waals surface area contributed by atoms with Crippen LogP contribution in [0.1, 0.15) is 39.5 Å². The summed E-state index contributed by atoms with van der Waals surface area (Å²) < 4.78 is 0. The van der Waals surface area contributed by atoms with Crippen LogP contribution < -0.4 is 5.32 Å². The fraction of sp³-hybridized carbons (Fsp3) is 0.786. The van der Waals surface area contributed by atoms with Crippen molar-refractivity contribution in [3.8, 4) is 0 Å². The second-order valence-electron chi connectivity index (χ2n) is 5.53. The minimum absolute atomic E-state index is 0.101. The standard InChI is InChI=1S/C14H22N2O3S/c1-3-20-8-9(2)16-13(18)11(10-6-4-5-7-10)12(17)15-14(16)19/h9-11H,3-8H2,1-2H3,(H,15,17,19). The molecular weight excluding hydrogens is 276 g/mol. The third kappa shape index (κ3) is 3.00. The second kappa shape index (κ2) is 6.61. The Labute approximate surface area is 123 Å². The van der Waals surface area contributed by atoms with Crippen LogP contribution in [0.3, 0.4) is 0 Å². The molecule has 0 aromatic carbocycles. The summed E-state index contributed by atoms with van der Waals surface area (Å²) in [4.78, 5) is 37.8. The van der Waals surface area contributed by atoms with Crippen LogP contribution in [-0.4, -0.2) is 40.3 Å². The van der Waals surface area contributed by atoms with Gasteiger partial charge in [0.05, 0.1) is 0 Å². The van der Waals surface area contributed by atoms with Gasteiger partial charge in [0.15, 0.2) is 0 Å². The van der Waals surface area contributed by atoms with E-state index in [4.69, 9.17) is 0 Å². The Morgan fingerprint density at radius 1 is 1.30 bits per heavy atom. The van der Waals surface area contributed by atoms with Crippen LogP contribution in [0.4, 0.5) is 4.79 Å². The molecule has 1 aliphatic carbocycles. The molecular formula is C14H22N2O3S. The first-order valence-corrected chi connectivity index (χ1v) is 8.47. The molecule has 6 heteroatoms. The average molecular weight is 298 g/mol. The summed E-state index contributed by atoms with van der Waals surface area (Å²) in [5, 5.41) is 2.36. The van der Waals surface area contributed by atoms with Crippen LogP contribution >= 0.6 is 11.8 Å². The molecule has 0 aromatic rings. The normalized spacial score (nSPS) is 26.0. The second-order valence-corrected chi connectivity index (χ2v) is 6.85. The van der Waals surface area contributed by atoms with Crippen LogP contribution in [0.5, 0.6) is 0 Å². The summed E-state index contributed by atoms with van der Waals surface area (Å²) in [7, 11) is 0. The number of amides is 4. The number of urea groups is 1. The zero-order valence-electron chi connectivity index (χ0n) is 12.1. The van der Waals surface area contributed by atoms with Crippen LogP contribution in [-0.2, 0) is 9.59 Å². The highest BCUT2D eigenvalue weighted by atomic mass is 32.2. The molecule has 2 rings (SSSR count). The summed E-state index contributed by atoms with van der Waals surface area (Å²) in [6, 6.07) is -0.733. The SMILES string of the molecule is CCSCC(C)N1C(=O)NC(=O)C(C2CCCC2)C1=O. The van der Waals surface area contributed by atoms with Gasteiger partial charge in [0.2, 0.25) is 11.8 Å². The average Bonchev–Trinajstić information content (AvgIpc) is 2.89. The number of nitrogens with zero attached hydrogens (tertiary/aromatic N) is 1. The Kier molecular flexibility index (Phi) is 5.07. The Hall–Kier alpha value is -1.04. The van der Waals surface area contributed by atoms with Crippen LogP contribution in [0, 0.1) is 11.8 Å². The maximum absolute atomic E-state index is 12.6. The van der Waals surface area contributed by atoms with Gasteiger partial charge >= 0.3 is 6.03 Å². The summed E-state index contributed by atoms with van der Waals surface area (Å²) >= 11 is 1.69. The molecule has 0 bridgehead atoms. The lowest BCUT2D eigenvalue weighted by atomic mass is 9.87. The van der Waals surface area contributed by atoms with Crippen molar-refractivity contribution in [2.75, 3.05) is 11.5 Å². The lowest BCUT2D eigenvalue weighted by Gasteiger charge is -2.36. The molecule has 1 saturated carbocycles. The van der Waals surface area contributed by atoms with E-state index in [0.717, 1.165) is 31.4 Å². The fourth-order valence-corrected chi connectivity index (χ4v) is 3.82. The third-order valence-electron chi connectivity index (χ3n) is 4.11. The van der Waals surface area contributed by atoms with Crippen molar-refractivity contribution in [3.63, 3.8) is 0 Å². The first kappa shape index (κ1) is 15.4. The maximum atomic E-state index is 12.6. The zero-order valence-corrected chi connectivity index (χ0v) is 12.9. The summed E-state index contributed by atoms with van der Waals surface area (Å²) in [5.74, 6) is 0.391. The Bertz CT molecular complexity index is 407. The van der Waals surface area contributed by atoms with Crippen molar-refractivity contribution < 1.29 is 14.4 Å². The van der Waals surface area contributed by atoms with E-state index < -0.39 is 17.9 Å². The smallest absolute Gasteiger partial charge is 0.277 e. The molecule has 112 valence electrons. The van der Waals surface area contributed by atoms with Crippen molar-refractivity contribution in [3.05, 3.63) is 0 Å². The van der Waals surface area contributed by atoms with Gasteiger partial charge < -0.3 is 0 Å². The van der Waals surface area contributed by atoms with E-state index in [9.17, 15) is 14.4 Å². The predicted octanol–water partition coefficient (Wildman–Crippen LogP) is 2.01. The number of carbonyl (C=O) groups is 3. The molecule has 2 fully saturated rings. The molecule has 1 aliphatic heterocycles. The molecule has 1 saturated heterocycles. The van der Waals surface area contributed by atoms with Gasteiger partial charge in [0, 0.05) is 11.8 Å². The number of barbiturate groups is 1. The molecule has 2 unspecified atom stereocenters. The highest BCUT2D eigenvalue weighted by Crippen LogP contribution is 2.34. The number of rotatable bonds is 5. The van der Waals surface area contributed by atoms with Crippen LogP contribution in [0.2, 0.25) is 0 Å².